The summed E-state index contributed by atoms with van der Waals surface area (Å²) in [6, 6.07) is 0.319. The monoisotopic (exact) mass is 273 g/mol. The molecule has 1 aromatic heterocycles. The Labute approximate surface area is 113 Å². The Kier molecular flexibility index (Phi) is 6.15. The fourth-order valence-corrected chi connectivity index (χ4v) is 1.87. The molecule has 0 saturated heterocycles. The Hall–Kier alpha value is -1.07. The fourth-order valence-electron chi connectivity index (χ4n) is 1.67. The molecule has 1 heterocycles. The smallest absolute Gasteiger partial charge is 0.199 e. The van der Waals surface area contributed by atoms with E-state index in [4.69, 9.17) is 21.1 Å². The van der Waals surface area contributed by atoms with Crippen LogP contribution in [0.1, 0.15) is 20.3 Å². The Balaban J connectivity index is 3.07. The molecule has 0 fully saturated rings. The van der Waals surface area contributed by atoms with Crippen LogP contribution in [0.4, 0.5) is 5.82 Å². The molecule has 0 saturated carbocycles. The minimum absolute atomic E-state index is 0.319. The average Bonchev–Trinajstić information content (AvgIpc) is 2.39. The average molecular weight is 274 g/mol. The summed E-state index contributed by atoms with van der Waals surface area (Å²) in [6.45, 7) is 5.61. The highest BCUT2D eigenvalue weighted by atomic mass is 35.5. The molecule has 0 bridgehead atoms. The number of ether oxygens (including phenoxy) is 2. The summed E-state index contributed by atoms with van der Waals surface area (Å²) in [7, 11) is 3.25. The van der Waals surface area contributed by atoms with Crippen LogP contribution in [0, 0.1) is 0 Å². The third-order valence-electron chi connectivity index (χ3n) is 2.88. The molecule has 1 aromatic rings. The van der Waals surface area contributed by atoms with Crippen LogP contribution in [-0.4, -0.2) is 43.4 Å². The van der Waals surface area contributed by atoms with E-state index in [-0.39, 0.29) is 0 Å². The predicted molar refractivity (Wildman–Crippen MR) is 72.6 cm³/mol. The number of aromatic nitrogens is 2. The second-order valence-electron chi connectivity index (χ2n) is 3.96. The summed E-state index contributed by atoms with van der Waals surface area (Å²) < 4.78 is 10.4. The zero-order valence-corrected chi connectivity index (χ0v) is 12.1. The van der Waals surface area contributed by atoms with Crippen molar-refractivity contribution in [3.8, 4) is 5.75 Å². The van der Waals surface area contributed by atoms with E-state index < -0.39 is 0 Å². The highest BCUT2D eigenvalue weighted by Crippen LogP contribution is 2.32. The second kappa shape index (κ2) is 7.38. The fraction of sp³-hybridized carbons (Fsp3) is 0.667. The van der Waals surface area contributed by atoms with Crippen molar-refractivity contribution in [3.63, 3.8) is 0 Å². The zero-order chi connectivity index (χ0) is 13.5. The van der Waals surface area contributed by atoms with Gasteiger partial charge in [-0.3, -0.25) is 0 Å². The highest BCUT2D eigenvalue weighted by Gasteiger charge is 2.20. The number of rotatable bonds is 7. The van der Waals surface area contributed by atoms with Crippen LogP contribution in [0.3, 0.4) is 0 Å². The Morgan fingerprint density at radius 1 is 1.39 bits per heavy atom. The lowest BCUT2D eigenvalue weighted by molar-refractivity contribution is 0.203. The molecule has 6 heteroatoms. The Bertz CT molecular complexity index is 376. The molecule has 0 N–H and O–H groups in total. The van der Waals surface area contributed by atoms with Gasteiger partial charge in [0.25, 0.3) is 0 Å². The van der Waals surface area contributed by atoms with E-state index in [2.05, 4.69) is 28.7 Å². The van der Waals surface area contributed by atoms with Gasteiger partial charge in [0, 0.05) is 19.7 Å². The van der Waals surface area contributed by atoms with Gasteiger partial charge >= 0.3 is 0 Å². The molecule has 1 atom stereocenters. The first-order valence-electron chi connectivity index (χ1n) is 5.95. The minimum Gasteiger partial charge on any atom is -0.490 e. The highest BCUT2D eigenvalue weighted by molar-refractivity contribution is 6.31. The lowest BCUT2D eigenvalue weighted by atomic mass is 10.2. The van der Waals surface area contributed by atoms with E-state index in [1.165, 1.54) is 6.33 Å². The maximum absolute atomic E-state index is 6.02. The van der Waals surface area contributed by atoms with Gasteiger partial charge in [-0.15, -0.1) is 0 Å². The number of hydrogen-bond donors (Lipinski definition) is 0. The summed E-state index contributed by atoms with van der Waals surface area (Å²) in [4.78, 5) is 10.3. The van der Waals surface area contributed by atoms with Crippen molar-refractivity contribution in [3.05, 3.63) is 11.5 Å². The first kappa shape index (κ1) is 15.0. The number of hydrogen-bond acceptors (Lipinski definition) is 5. The molecule has 0 aliphatic carbocycles. The van der Waals surface area contributed by atoms with Gasteiger partial charge < -0.3 is 14.4 Å². The van der Waals surface area contributed by atoms with E-state index in [9.17, 15) is 0 Å². The standard InChI is InChI=1S/C12H20ClN3O2/c1-5-9(2)16(6-7-17-3)12-10(18-4)11(13)14-8-15-12/h8-9H,5-7H2,1-4H3. The molecule has 0 amide bonds. The van der Waals surface area contributed by atoms with Crippen LogP contribution in [0.5, 0.6) is 5.75 Å². The van der Waals surface area contributed by atoms with E-state index in [1.54, 1.807) is 14.2 Å². The van der Waals surface area contributed by atoms with E-state index in [1.807, 2.05) is 0 Å². The largest absolute Gasteiger partial charge is 0.490 e. The van der Waals surface area contributed by atoms with Crippen LogP contribution in [-0.2, 0) is 4.74 Å². The molecule has 5 nitrogen and oxygen atoms in total. The Morgan fingerprint density at radius 2 is 2.11 bits per heavy atom. The SMILES string of the molecule is CCC(C)N(CCOC)c1ncnc(Cl)c1OC. The van der Waals surface area contributed by atoms with Crippen molar-refractivity contribution in [2.24, 2.45) is 0 Å². The van der Waals surface area contributed by atoms with Crippen LogP contribution in [0.25, 0.3) is 0 Å². The van der Waals surface area contributed by atoms with Crippen molar-refractivity contribution in [2.45, 2.75) is 26.3 Å². The van der Waals surface area contributed by atoms with Gasteiger partial charge in [-0.2, -0.15) is 0 Å². The van der Waals surface area contributed by atoms with Gasteiger partial charge in [-0.1, -0.05) is 18.5 Å². The molecule has 0 aromatic carbocycles. The maximum Gasteiger partial charge on any atom is 0.199 e. The maximum atomic E-state index is 6.02. The van der Waals surface area contributed by atoms with E-state index in [0.717, 1.165) is 13.0 Å². The molecule has 1 rings (SSSR count). The van der Waals surface area contributed by atoms with Gasteiger partial charge in [0.05, 0.1) is 13.7 Å². The molecule has 102 valence electrons. The molecule has 0 aliphatic heterocycles. The molecular weight excluding hydrogens is 254 g/mol. The topological polar surface area (TPSA) is 47.5 Å². The summed E-state index contributed by atoms with van der Waals surface area (Å²) in [5, 5.41) is 0.327. The second-order valence-corrected chi connectivity index (χ2v) is 4.32. The van der Waals surface area contributed by atoms with Crippen molar-refractivity contribution >= 4 is 17.4 Å². The molecular formula is C12H20ClN3O2. The summed E-state index contributed by atoms with van der Waals surface area (Å²) >= 11 is 6.02. The van der Waals surface area contributed by atoms with Crippen LogP contribution in [0.15, 0.2) is 6.33 Å². The van der Waals surface area contributed by atoms with Crippen molar-refractivity contribution in [1.82, 2.24) is 9.97 Å². The number of halogens is 1. The molecule has 1 unspecified atom stereocenters. The number of anilines is 1. The quantitative estimate of drug-likeness (QED) is 0.714. The first-order chi connectivity index (χ1) is 8.65. The van der Waals surface area contributed by atoms with Crippen molar-refractivity contribution in [1.29, 1.82) is 0 Å². The molecule has 0 radical (unpaired) electrons. The van der Waals surface area contributed by atoms with Crippen LogP contribution in [0.2, 0.25) is 5.15 Å². The number of nitrogens with zero attached hydrogens (tertiary/aromatic N) is 3. The van der Waals surface area contributed by atoms with Crippen molar-refractivity contribution < 1.29 is 9.47 Å². The van der Waals surface area contributed by atoms with Gasteiger partial charge in [0.2, 0.25) is 0 Å². The van der Waals surface area contributed by atoms with E-state index >= 15 is 0 Å². The lowest BCUT2D eigenvalue weighted by Crippen LogP contribution is -2.36. The van der Waals surface area contributed by atoms with Crippen molar-refractivity contribution in [2.75, 3.05) is 32.3 Å². The summed E-state index contributed by atoms with van der Waals surface area (Å²) in [6.07, 6.45) is 2.44. The summed E-state index contributed by atoms with van der Waals surface area (Å²) in [5.41, 5.74) is 0. The van der Waals surface area contributed by atoms with Crippen LogP contribution < -0.4 is 9.64 Å². The van der Waals surface area contributed by atoms with Gasteiger partial charge in [0.1, 0.15) is 6.33 Å². The Morgan fingerprint density at radius 3 is 2.67 bits per heavy atom. The molecule has 0 aliphatic rings. The van der Waals surface area contributed by atoms with Gasteiger partial charge in [-0.25, -0.2) is 9.97 Å². The predicted octanol–water partition coefficient (Wildman–Crippen LogP) is 2.39. The zero-order valence-electron chi connectivity index (χ0n) is 11.3. The van der Waals surface area contributed by atoms with Gasteiger partial charge in [0.15, 0.2) is 16.7 Å². The third kappa shape index (κ3) is 3.46. The summed E-state index contributed by atoms with van der Waals surface area (Å²) in [5.74, 6) is 1.22. The first-order valence-corrected chi connectivity index (χ1v) is 6.33. The normalized spacial score (nSPS) is 12.3. The van der Waals surface area contributed by atoms with Crippen LogP contribution >= 0.6 is 11.6 Å². The minimum atomic E-state index is 0.319. The third-order valence-corrected chi connectivity index (χ3v) is 3.15. The lowest BCUT2D eigenvalue weighted by Gasteiger charge is -2.30. The van der Waals surface area contributed by atoms with Gasteiger partial charge in [-0.05, 0) is 13.3 Å². The van der Waals surface area contributed by atoms with E-state index in [0.29, 0.717) is 29.4 Å². The number of methoxy groups -OCH3 is 2. The molecule has 18 heavy (non-hydrogen) atoms. The molecule has 0 spiro atoms.